The van der Waals surface area contributed by atoms with Gasteiger partial charge in [0.15, 0.2) is 5.54 Å². The zero-order valence-electron chi connectivity index (χ0n) is 33.8. The molecule has 0 saturated carbocycles. The molecule has 1 saturated heterocycles. The summed E-state index contributed by atoms with van der Waals surface area (Å²) in [6.45, 7) is 1.76. The first-order chi connectivity index (χ1) is 30.4. The Morgan fingerprint density at radius 1 is 0.631 bits per heavy atom. The molecule has 1 fully saturated rings. The number of esters is 1. The monoisotopic (exact) mass is 993 g/mol. The Hall–Kier alpha value is -5.60. The Labute approximate surface area is 372 Å². The van der Waals surface area contributed by atoms with Gasteiger partial charge in [0.05, 0.1) is 41.1 Å². The Bertz CT molecular complexity index is 2320. The number of benzene rings is 5. The number of halogens is 13. The number of amides is 1. The molecular formula is C45H36BrF12NO6. The molecule has 5 aromatic carbocycles. The lowest BCUT2D eigenvalue weighted by Crippen LogP contribution is -2.52. The van der Waals surface area contributed by atoms with E-state index in [1.165, 1.54) is 26.0 Å². The van der Waals surface area contributed by atoms with Crippen LogP contribution in [0.3, 0.4) is 0 Å². The van der Waals surface area contributed by atoms with Crippen molar-refractivity contribution in [1.82, 2.24) is 4.90 Å². The number of hydrogen-bond acceptors (Lipinski definition) is 6. The zero-order valence-corrected chi connectivity index (χ0v) is 35.4. The SMILES string of the molecule is C[C@@H](OCBr)c1cc(C(F)(F)F)cc(C(F)(F)F)c1.C[C@@H](OC[C@@]1(c2ccccc2)C(=O)O[C@H](c2ccccc2)N1C(=O)OCc1ccccc1)c1cc(C(F)(F)F)cc(C(F)(F)F)c1. The summed E-state index contributed by atoms with van der Waals surface area (Å²) in [6, 6.07) is 27.5. The number of alkyl halides is 13. The van der Waals surface area contributed by atoms with Crippen LogP contribution in [0.2, 0.25) is 0 Å². The molecule has 6 rings (SSSR count). The Balaban J connectivity index is 0.000000350. The second-order valence-corrected chi connectivity index (χ2v) is 14.8. The number of ether oxygens (including phenoxy) is 4. The third kappa shape index (κ3) is 12.4. The van der Waals surface area contributed by atoms with Gasteiger partial charge < -0.3 is 18.9 Å². The van der Waals surface area contributed by atoms with E-state index < -0.39 is 95.2 Å². The molecule has 7 nitrogen and oxygen atoms in total. The van der Waals surface area contributed by atoms with Crippen molar-refractivity contribution in [3.8, 4) is 0 Å². The highest BCUT2D eigenvalue weighted by Crippen LogP contribution is 2.47. The van der Waals surface area contributed by atoms with Gasteiger partial charge in [-0.1, -0.05) is 107 Å². The van der Waals surface area contributed by atoms with Crippen LogP contribution in [-0.4, -0.2) is 29.1 Å². The molecule has 0 aromatic heterocycles. The predicted octanol–water partition coefficient (Wildman–Crippen LogP) is 13.7. The summed E-state index contributed by atoms with van der Waals surface area (Å²) in [5, 5.41) is 0. The van der Waals surface area contributed by atoms with Crippen molar-refractivity contribution >= 4 is 28.0 Å². The number of nitrogens with zero attached hydrogens (tertiary/aromatic N) is 1. The van der Waals surface area contributed by atoms with E-state index >= 15 is 0 Å². The minimum Gasteiger partial charge on any atom is -0.444 e. The molecule has 5 aromatic rings. The van der Waals surface area contributed by atoms with Crippen molar-refractivity contribution < 1.29 is 81.2 Å². The van der Waals surface area contributed by atoms with Gasteiger partial charge in [-0.25, -0.2) is 14.5 Å². The molecule has 65 heavy (non-hydrogen) atoms. The van der Waals surface area contributed by atoms with Crippen molar-refractivity contribution in [2.45, 2.75) is 69.1 Å². The fraction of sp³-hybridized carbons (Fsp3) is 0.289. The Morgan fingerprint density at radius 3 is 1.45 bits per heavy atom. The molecule has 1 aliphatic heterocycles. The fourth-order valence-electron chi connectivity index (χ4n) is 6.57. The molecular weight excluding hydrogens is 958 g/mol. The molecule has 1 amide bonds. The summed E-state index contributed by atoms with van der Waals surface area (Å²) in [4.78, 5) is 28.9. The molecule has 0 bridgehead atoms. The molecule has 0 radical (unpaired) electrons. The minimum atomic E-state index is -5.07. The first kappa shape index (κ1) is 50.4. The van der Waals surface area contributed by atoms with Gasteiger partial charge in [-0.3, -0.25) is 0 Å². The molecule has 0 aliphatic carbocycles. The molecule has 348 valence electrons. The number of hydrogen-bond donors (Lipinski definition) is 0. The van der Waals surface area contributed by atoms with Gasteiger partial charge in [0.25, 0.3) is 0 Å². The smallest absolute Gasteiger partial charge is 0.416 e. The second kappa shape index (κ2) is 20.3. The molecule has 0 spiro atoms. The van der Waals surface area contributed by atoms with Crippen LogP contribution in [0, 0.1) is 0 Å². The maximum atomic E-state index is 13.9. The van der Waals surface area contributed by atoms with Crippen LogP contribution in [-0.2, 0) is 60.6 Å². The molecule has 1 aliphatic rings. The molecule has 0 unspecified atom stereocenters. The van der Waals surface area contributed by atoms with Crippen molar-refractivity contribution in [2.24, 2.45) is 0 Å². The van der Waals surface area contributed by atoms with Gasteiger partial charge in [-0.05, 0) is 72.5 Å². The highest BCUT2D eigenvalue weighted by molar-refractivity contribution is 9.09. The maximum absolute atomic E-state index is 13.9. The van der Waals surface area contributed by atoms with E-state index in [2.05, 4.69) is 15.9 Å². The van der Waals surface area contributed by atoms with Crippen LogP contribution in [0.15, 0.2) is 127 Å². The van der Waals surface area contributed by atoms with Crippen molar-refractivity contribution in [3.05, 3.63) is 177 Å². The average molecular weight is 995 g/mol. The topological polar surface area (TPSA) is 74.3 Å². The number of cyclic esters (lactones) is 1. The van der Waals surface area contributed by atoms with Gasteiger partial charge in [0, 0.05) is 5.56 Å². The number of rotatable bonds is 11. The van der Waals surface area contributed by atoms with E-state index in [0.29, 0.717) is 35.4 Å². The van der Waals surface area contributed by atoms with Crippen LogP contribution in [0.5, 0.6) is 0 Å². The lowest BCUT2D eigenvalue weighted by molar-refractivity contribution is -0.148. The highest BCUT2D eigenvalue weighted by Gasteiger charge is 2.60. The van der Waals surface area contributed by atoms with Gasteiger partial charge in [-0.2, -0.15) is 52.7 Å². The van der Waals surface area contributed by atoms with Crippen LogP contribution in [0.4, 0.5) is 57.5 Å². The maximum Gasteiger partial charge on any atom is 0.416 e. The van der Waals surface area contributed by atoms with Crippen molar-refractivity contribution in [3.63, 3.8) is 0 Å². The average Bonchev–Trinajstić information content (AvgIpc) is 3.56. The van der Waals surface area contributed by atoms with Gasteiger partial charge >= 0.3 is 36.8 Å². The van der Waals surface area contributed by atoms with E-state index in [4.69, 9.17) is 18.9 Å². The van der Waals surface area contributed by atoms with Gasteiger partial charge in [0.1, 0.15) is 12.1 Å². The lowest BCUT2D eigenvalue weighted by Gasteiger charge is -2.36. The number of carbonyl (C=O) groups excluding carboxylic acids is 2. The summed E-state index contributed by atoms with van der Waals surface area (Å²) in [5.74, 6) is -0.934. The Kier molecular flexibility index (Phi) is 15.7. The van der Waals surface area contributed by atoms with E-state index in [1.54, 1.807) is 78.9 Å². The largest absolute Gasteiger partial charge is 0.444 e. The summed E-state index contributed by atoms with van der Waals surface area (Å²) in [5.41, 5.74) is -7.08. The van der Waals surface area contributed by atoms with Gasteiger partial charge in [-0.15, -0.1) is 0 Å². The summed E-state index contributed by atoms with van der Waals surface area (Å²) in [6.07, 6.45) is -24.4. The molecule has 0 N–H and O–H groups in total. The third-order valence-corrected chi connectivity index (χ3v) is 10.2. The van der Waals surface area contributed by atoms with Crippen LogP contribution < -0.4 is 0 Å². The first-order valence-electron chi connectivity index (χ1n) is 19.1. The van der Waals surface area contributed by atoms with E-state index in [-0.39, 0.29) is 35.4 Å². The quantitative estimate of drug-likeness (QED) is 0.0746. The van der Waals surface area contributed by atoms with Crippen LogP contribution in [0.1, 0.15) is 82.4 Å². The normalized spacial score (nSPS) is 17.7. The minimum absolute atomic E-state index is 0.00572. The molecule has 20 heteroatoms. The van der Waals surface area contributed by atoms with E-state index in [0.717, 1.165) is 4.90 Å². The number of carbonyl (C=O) groups is 2. The lowest BCUT2D eigenvalue weighted by atomic mass is 9.89. The van der Waals surface area contributed by atoms with E-state index in [1.807, 2.05) is 0 Å². The van der Waals surface area contributed by atoms with Gasteiger partial charge in [0.2, 0.25) is 6.23 Å². The highest BCUT2D eigenvalue weighted by atomic mass is 79.9. The second-order valence-electron chi connectivity index (χ2n) is 14.4. The zero-order chi connectivity index (χ0) is 48.0. The summed E-state index contributed by atoms with van der Waals surface area (Å²) >= 11 is 2.90. The predicted molar refractivity (Wildman–Crippen MR) is 212 cm³/mol. The Morgan fingerprint density at radius 2 is 1.03 bits per heavy atom. The fourth-order valence-corrected chi connectivity index (χ4v) is 6.96. The van der Waals surface area contributed by atoms with Crippen LogP contribution >= 0.6 is 15.9 Å². The first-order valence-corrected chi connectivity index (χ1v) is 20.2. The summed E-state index contributed by atoms with van der Waals surface area (Å²) < 4.78 is 179. The van der Waals surface area contributed by atoms with Crippen LogP contribution in [0.25, 0.3) is 0 Å². The molecule has 1 heterocycles. The standard InChI is InChI=1S/C34H27F6NO5.C11H9BrF6O/c1-22(25-17-27(33(35,36)37)19-28(18-25)34(38,39)40)45-21-32(26-15-9-4-10-16-26)30(42)46-29(24-13-7-3-8-14-24)41(32)31(43)44-20-23-11-5-2-6-12-23;1-6(19-5-12)7-2-8(10(13,14)15)4-9(3-7)11(16,17)18/h2-19,22,29H,20-21H2,1H3;2-4,6H,5H2,1H3/t22-,29-,32-;6-/m11/s1. The van der Waals surface area contributed by atoms with Crippen molar-refractivity contribution in [2.75, 3.05) is 12.1 Å². The summed E-state index contributed by atoms with van der Waals surface area (Å²) in [7, 11) is 0. The molecule has 4 atom stereocenters. The third-order valence-electron chi connectivity index (χ3n) is 9.95. The van der Waals surface area contributed by atoms with Crippen molar-refractivity contribution in [1.29, 1.82) is 0 Å². The van der Waals surface area contributed by atoms with E-state index in [9.17, 15) is 62.3 Å².